The van der Waals surface area contributed by atoms with Crippen LogP contribution in [0, 0.1) is 55.4 Å². The van der Waals surface area contributed by atoms with Crippen LogP contribution in [0.15, 0.2) is 124 Å². The molecule has 0 amide bonds. The quantitative estimate of drug-likeness (QED) is 0.0447. The van der Waals surface area contributed by atoms with E-state index < -0.39 is 57.5 Å². The molecular formula is C68H76O16S4. The van der Waals surface area contributed by atoms with Gasteiger partial charge in [0.1, 0.15) is 34.5 Å². The summed E-state index contributed by atoms with van der Waals surface area (Å²) < 4.78 is 0. The molecule has 0 saturated heterocycles. The summed E-state index contributed by atoms with van der Waals surface area (Å²) in [5, 5.41) is 153. The second-order valence-corrected chi connectivity index (χ2v) is 26.5. The number of hydrogen-bond donors (Lipinski definition) is 16. The lowest BCUT2D eigenvalue weighted by Crippen LogP contribution is -2.07. The van der Waals surface area contributed by atoms with Crippen LogP contribution >= 0.6 is 47.0 Å². The summed E-state index contributed by atoms with van der Waals surface area (Å²) in [6.07, 6.45) is 12.7. The van der Waals surface area contributed by atoms with Crippen LogP contribution in [0.3, 0.4) is 0 Å². The number of benzene rings is 8. The lowest BCUT2D eigenvalue weighted by Gasteiger charge is -2.27. The van der Waals surface area contributed by atoms with Gasteiger partial charge in [-0.2, -0.15) is 0 Å². The van der Waals surface area contributed by atoms with Crippen molar-refractivity contribution in [2.24, 2.45) is 0 Å². The number of rotatable bonds is 10. The highest BCUT2D eigenvalue weighted by molar-refractivity contribution is 8.00. The van der Waals surface area contributed by atoms with E-state index in [9.17, 15) is 81.7 Å². The Kier molecular flexibility index (Phi) is 22.5. The SMILES string of the molecule is Cc1cc(O)c(C)c(C)c1Sc1c(C)cc(O)c(C)c1C.Cc1cc(Sc2cc(C)c(O)cc2C2CCCCC2)c(C2CCCCC2)cc1O.Oc1cc(O)c(Sc2cc(O)c(O)cc2O)cc1O.Oc1ccc(Sc2ccc(O)c(O)c2O)c(O)c1O. The highest BCUT2D eigenvalue weighted by atomic mass is 32.2. The molecular weight excluding hydrogens is 1200 g/mol. The van der Waals surface area contributed by atoms with E-state index in [1.165, 1.54) is 119 Å². The number of hydrogen-bond acceptors (Lipinski definition) is 20. The molecule has 2 saturated carbocycles. The average molecular weight is 1280 g/mol. The van der Waals surface area contributed by atoms with Gasteiger partial charge in [-0.1, -0.05) is 85.6 Å². The Morgan fingerprint density at radius 2 is 0.580 bits per heavy atom. The summed E-state index contributed by atoms with van der Waals surface area (Å²) in [4.78, 5) is 5.59. The normalized spacial score (nSPS) is 13.4. The van der Waals surface area contributed by atoms with E-state index in [2.05, 4.69) is 12.1 Å². The van der Waals surface area contributed by atoms with Crippen molar-refractivity contribution in [1.82, 2.24) is 0 Å². The zero-order chi connectivity index (χ0) is 64.6. The summed E-state index contributed by atoms with van der Waals surface area (Å²) >= 11 is 5.26. The molecule has 0 aliphatic heterocycles. The molecule has 10 rings (SSSR count). The Hall–Kier alpha value is -8.04. The van der Waals surface area contributed by atoms with Gasteiger partial charge in [-0.15, -0.1) is 0 Å². The van der Waals surface area contributed by atoms with Gasteiger partial charge in [0, 0.05) is 43.8 Å². The molecule has 468 valence electrons. The monoisotopic (exact) mass is 1280 g/mol. The van der Waals surface area contributed by atoms with Crippen molar-refractivity contribution in [3.8, 4) is 92.0 Å². The van der Waals surface area contributed by atoms with E-state index in [4.69, 9.17) is 0 Å². The number of aryl methyl sites for hydroxylation is 4. The van der Waals surface area contributed by atoms with Gasteiger partial charge >= 0.3 is 0 Å². The highest BCUT2D eigenvalue weighted by Gasteiger charge is 2.26. The summed E-state index contributed by atoms with van der Waals surface area (Å²) in [5.41, 5.74) is 10.8. The van der Waals surface area contributed by atoms with E-state index >= 15 is 0 Å². The molecule has 8 aromatic rings. The molecule has 8 aromatic carbocycles. The summed E-state index contributed by atoms with van der Waals surface area (Å²) in [5.74, 6) is -3.14. The van der Waals surface area contributed by atoms with Crippen LogP contribution < -0.4 is 0 Å². The van der Waals surface area contributed by atoms with Gasteiger partial charge in [-0.3, -0.25) is 0 Å². The smallest absolute Gasteiger partial charge is 0.201 e. The van der Waals surface area contributed by atoms with Gasteiger partial charge in [0.05, 0.1) is 19.6 Å². The van der Waals surface area contributed by atoms with Crippen LogP contribution in [0.5, 0.6) is 92.0 Å². The minimum absolute atomic E-state index is 0.163. The second-order valence-electron chi connectivity index (χ2n) is 22.2. The first-order valence-electron chi connectivity index (χ1n) is 28.5. The predicted octanol–water partition coefficient (Wildman–Crippen LogP) is 17.2. The number of aromatic hydroxyl groups is 16. The number of phenolic OH excluding ortho intramolecular Hbond substituents is 16. The molecule has 0 atom stereocenters. The van der Waals surface area contributed by atoms with Crippen LogP contribution in [-0.4, -0.2) is 81.7 Å². The molecule has 2 aliphatic rings. The molecule has 88 heavy (non-hydrogen) atoms. The third-order valence-electron chi connectivity index (χ3n) is 15.9. The molecule has 16 nitrogen and oxygen atoms in total. The molecule has 0 bridgehead atoms. The zero-order valence-electron chi connectivity index (χ0n) is 50.1. The minimum atomic E-state index is -0.674. The fourth-order valence-corrected chi connectivity index (χ4v) is 14.8. The van der Waals surface area contributed by atoms with E-state index in [-0.39, 0.29) is 31.1 Å². The maximum atomic E-state index is 10.4. The fourth-order valence-electron chi connectivity index (χ4n) is 10.4. The maximum absolute atomic E-state index is 10.4. The first-order chi connectivity index (χ1) is 41.6. The van der Waals surface area contributed by atoms with Crippen molar-refractivity contribution >= 4 is 47.0 Å². The minimum Gasteiger partial charge on any atom is -0.508 e. The largest absolute Gasteiger partial charge is 0.508 e. The van der Waals surface area contributed by atoms with Crippen LogP contribution in [0.25, 0.3) is 0 Å². The summed E-state index contributed by atoms with van der Waals surface area (Å²) in [7, 11) is 0. The van der Waals surface area contributed by atoms with E-state index in [0.29, 0.717) is 34.8 Å². The molecule has 0 aromatic heterocycles. The lowest BCUT2D eigenvalue weighted by atomic mass is 9.83. The van der Waals surface area contributed by atoms with Crippen molar-refractivity contribution in [3.05, 3.63) is 141 Å². The van der Waals surface area contributed by atoms with Gasteiger partial charge in [0.25, 0.3) is 0 Å². The summed E-state index contributed by atoms with van der Waals surface area (Å²) in [6.45, 7) is 16.0. The Bertz CT molecular complexity index is 3610. The topological polar surface area (TPSA) is 324 Å². The molecule has 2 aliphatic carbocycles. The standard InChI is InChI=1S/C26H34O2S.C18H22O2S.2C12H10O6S/c1-17-13-25(21(15-23(17)27)19-9-5-3-6-10-19)29-26-14-18(2)24(28)16-22(26)20-11-7-4-8-12-20;1-9-7-15(19)11(3)13(5)17(9)21-18-10(2)8-16(20)12(4)14(18)6;13-5-1-9(17)11(3-7(5)15)19-12-4-8(16)6(14)2-10(12)18;13-5-1-3-7(11(17)9(5)15)19-8-4-2-6(14)10(16)12(8)18/h13-16,19-20,27-28H,3-12H2,1-2H3;7-8,19-20H,1-6H3;2*1-4,13-18H. The Morgan fingerprint density at radius 3 is 0.943 bits per heavy atom. The van der Waals surface area contributed by atoms with Crippen LogP contribution in [-0.2, 0) is 0 Å². The van der Waals surface area contributed by atoms with E-state index in [0.717, 1.165) is 92.3 Å². The predicted molar refractivity (Wildman–Crippen MR) is 344 cm³/mol. The van der Waals surface area contributed by atoms with Gasteiger partial charge in [-0.05, 0) is 209 Å². The molecule has 0 heterocycles. The van der Waals surface area contributed by atoms with Gasteiger partial charge in [-0.25, -0.2) is 0 Å². The highest BCUT2D eigenvalue weighted by Crippen LogP contribution is 2.52. The first-order valence-corrected chi connectivity index (χ1v) is 31.8. The van der Waals surface area contributed by atoms with Crippen molar-refractivity contribution in [2.75, 3.05) is 0 Å². The Balaban J connectivity index is 0.000000170. The molecule has 20 heteroatoms. The molecule has 0 radical (unpaired) electrons. The second kappa shape index (κ2) is 29.3. The van der Waals surface area contributed by atoms with Gasteiger partial charge in [0.15, 0.2) is 46.0 Å². The van der Waals surface area contributed by atoms with E-state index in [1.54, 1.807) is 11.8 Å². The molecule has 0 spiro atoms. The van der Waals surface area contributed by atoms with Crippen LogP contribution in [0.1, 0.15) is 132 Å². The Labute approximate surface area is 528 Å². The lowest BCUT2D eigenvalue weighted by molar-refractivity contribution is 0.360. The average Bonchev–Trinajstić information content (AvgIpc) is 1.47. The van der Waals surface area contributed by atoms with Crippen molar-refractivity contribution in [3.63, 3.8) is 0 Å². The van der Waals surface area contributed by atoms with Crippen LogP contribution in [0.2, 0.25) is 0 Å². The molecule has 0 unspecified atom stereocenters. The number of phenols is 16. The Morgan fingerprint density at radius 1 is 0.250 bits per heavy atom. The van der Waals surface area contributed by atoms with Gasteiger partial charge < -0.3 is 81.7 Å². The first kappa shape index (κ1) is 67.5. The molecule has 16 N–H and O–H groups in total. The third-order valence-corrected chi connectivity index (χ3v) is 20.9. The summed E-state index contributed by atoms with van der Waals surface area (Å²) in [6, 6.07) is 21.2. The zero-order valence-corrected chi connectivity index (χ0v) is 53.4. The van der Waals surface area contributed by atoms with Crippen molar-refractivity contribution < 1.29 is 81.7 Å². The van der Waals surface area contributed by atoms with Gasteiger partial charge in [0.2, 0.25) is 11.5 Å². The third kappa shape index (κ3) is 16.0. The fraction of sp³-hybridized carbons (Fsp3) is 0.294. The van der Waals surface area contributed by atoms with Crippen LogP contribution in [0.4, 0.5) is 0 Å². The molecule has 2 fully saturated rings. The van der Waals surface area contributed by atoms with Crippen molar-refractivity contribution in [2.45, 2.75) is 171 Å². The van der Waals surface area contributed by atoms with E-state index in [1.807, 2.05) is 91.4 Å². The maximum Gasteiger partial charge on any atom is 0.201 e. The van der Waals surface area contributed by atoms with Crippen molar-refractivity contribution in [1.29, 1.82) is 0 Å².